The molecule has 0 amide bonds. The van der Waals surface area contributed by atoms with Crippen molar-refractivity contribution < 1.29 is 4.42 Å². The quantitative estimate of drug-likeness (QED) is 0.193. The van der Waals surface area contributed by atoms with E-state index >= 15 is 0 Å². The average molecular weight is 587 g/mol. The van der Waals surface area contributed by atoms with Gasteiger partial charge < -0.3 is 24.0 Å². The smallest absolute Gasteiger partial charge is 0.178 e. The molecule has 6 heterocycles. The highest BCUT2D eigenvalue weighted by molar-refractivity contribution is 6.11. The molecular weight excluding hydrogens is 556 g/mol. The molecule has 7 heteroatoms. The second-order valence-electron chi connectivity index (χ2n) is 12.6. The van der Waals surface area contributed by atoms with Gasteiger partial charge in [0.05, 0.1) is 17.3 Å². The molecule has 10 rings (SSSR count). The highest BCUT2D eigenvalue weighted by Gasteiger charge is 2.62. The summed E-state index contributed by atoms with van der Waals surface area (Å²) in [5.74, 6) is 1.70. The lowest BCUT2D eigenvalue weighted by Crippen LogP contribution is -2.63. The van der Waals surface area contributed by atoms with Gasteiger partial charge in [0.15, 0.2) is 17.2 Å². The summed E-state index contributed by atoms with van der Waals surface area (Å²) >= 11 is 0. The largest absolute Gasteiger partial charge is 0.454 e. The summed E-state index contributed by atoms with van der Waals surface area (Å²) in [4.78, 5) is 19.6. The van der Waals surface area contributed by atoms with Gasteiger partial charge in [-0.2, -0.15) is 0 Å². The number of anilines is 5. The summed E-state index contributed by atoms with van der Waals surface area (Å²) in [6.45, 7) is 7.34. The maximum Gasteiger partial charge on any atom is 0.178 e. The second kappa shape index (κ2) is 8.54. The van der Waals surface area contributed by atoms with Crippen LogP contribution < -0.4 is 14.7 Å². The number of fused-ring (bicyclic) bond motifs is 16. The Hall–Kier alpha value is -5.56. The van der Waals surface area contributed by atoms with E-state index in [0.29, 0.717) is 0 Å². The lowest BCUT2D eigenvalue weighted by atomic mass is 9.61. The fourth-order valence-electron chi connectivity index (χ4n) is 8.62. The van der Waals surface area contributed by atoms with Crippen LogP contribution in [0.4, 0.5) is 28.7 Å². The van der Waals surface area contributed by atoms with Crippen LogP contribution in [0.3, 0.4) is 0 Å². The lowest BCUT2D eigenvalue weighted by Gasteiger charge is -2.55. The first kappa shape index (κ1) is 24.8. The average Bonchev–Trinajstić information content (AvgIpc) is 3.74. The molecule has 4 atom stereocenters. The number of allylic oxidation sites excluding steroid dienone is 1. The minimum Gasteiger partial charge on any atom is -0.454 e. The van der Waals surface area contributed by atoms with Gasteiger partial charge in [-0.25, -0.2) is 9.97 Å². The number of aromatic nitrogens is 2. The molecule has 0 saturated carbocycles. The molecule has 2 aromatic heterocycles. The van der Waals surface area contributed by atoms with Gasteiger partial charge in [-0.05, 0) is 35.4 Å². The molecule has 0 spiro atoms. The highest BCUT2D eigenvalue weighted by atomic mass is 16.3. The van der Waals surface area contributed by atoms with Gasteiger partial charge >= 0.3 is 0 Å². The van der Waals surface area contributed by atoms with Crippen LogP contribution >= 0.6 is 0 Å². The third-order valence-electron chi connectivity index (χ3n) is 10.6. The van der Waals surface area contributed by atoms with Crippen molar-refractivity contribution in [2.24, 2.45) is 5.92 Å². The minimum atomic E-state index is -0.505. The fourth-order valence-corrected chi connectivity index (χ4v) is 8.62. The number of para-hydroxylation sites is 3. The Morgan fingerprint density at radius 1 is 0.756 bits per heavy atom. The molecule has 6 aromatic rings. The number of nitrogens with zero attached hydrogens (tertiary/aromatic N) is 6. The van der Waals surface area contributed by atoms with Crippen molar-refractivity contribution in [2.75, 3.05) is 21.7 Å². The van der Waals surface area contributed by atoms with Crippen LogP contribution in [-0.2, 0) is 5.41 Å². The summed E-state index contributed by atoms with van der Waals surface area (Å²) < 4.78 is 6.72. The predicted octanol–water partition coefficient (Wildman–Crippen LogP) is 8.16. The molecule has 218 valence electrons. The number of hydrogen-bond donors (Lipinski definition) is 0. The van der Waals surface area contributed by atoms with E-state index in [0.717, 1.165) is 61.8 Å². The van der Waals surface area contributed by atoms with Crippen molar-refractivity contribution in [3.8, 4) is 0 Å². The van der Waals surface area contributed by atoms with Crippen LogP contribution in [0.15, 0.2) is 127 Å². The monoisotopic (exact) mass is 586 g/mol. The zero-order valence-corrected chi connectivity index (χ0v) is 25.0. The lowest BCUT2D eigenvalue weighted by molar-refractivity contribution is 0.164. The molecule has 4 aliphatic rings. The SMILES string of the molecule is C=C1c2ccccc2N2c3nccnc3N(c3ccccc3)C2C2C3N(C)C=CN3c3c(ccc4c3oc3ccccc34)C12C. The van der Waals surface area contributed by atoms with Crippen LogP contribution in [0.1, 0.15) is 18.1 Å². The van der Waals surface area contributed by atoms with Crippen molar-refractivity contribution >= 4 is 56.2 Å². The maximum atomic E-state index is 6.72. The van der Waals surface area contributed by atoms with E-state index in [2.05, 4.69) is 131 Å². The zero-order chi connectivity index (χ0) is 30.0. The van der Waals surface area contributed by atoms with Crippen LogP contribution in [0.5, 0.6) is 0 Å². The van der Waals surface area contributed by atoms with Gasteiger partial charge in [-0.1, -0.05) is 80.2 Å². The third kappa shape index (κ3) is 2.95. The molecule has 0 saturated heterocycles. The minimum absolute atomic E-state index is 0.0112. The number of hydrogen-bond acceptors (Lipinski definition) is 7. The number of furan rings is 1. The molecule has 0 N–H and O–H groups in total. The molecule has 4 aliphatic heterocycles. The van der Waals surface area contributed by atoms with Crippen molar-refractivity contribution in [2.45, 2.75) is 24.7 Å². The summed E-state index contributed by atoms with van der Waals surface area (Å²) in [6, 6.07) is 32.2. The van der Waals surface area contributed by atoms with Crippen molar-refractivity contribution in [3.63, 3.8) is 0 Å². The summed E-state index contributed by atoms with van der Waals surface area (Å²) in [5, 5.41) is 2.26. The van der Waals surface area contributed by atoms with Gasteiger partial charge in [-0.15, -0.1) is 0 Å². The molecule has 0 radical (unpaired) electrons. The van der Waals surface area contributed by atoms with Crippen molar-refractivity contribution in [1.29, 1.82) is 0 Å². The summed E-state index contributed by atoms with van der Waals surface area (Å²) in [6.07, 6.45) is 7.81. The van der Waals surface area contributed by atoms with E-state index in [4.69, 9.17) is 21.0 Å². The van der Waals surface area contributed by atoms with E-state index in [1.165, 1.54) is 5.56 Å². The molecule has 0 bridgehead atoms. The molecule has 45 heavy (non-hydrogen) atoms. The van der Waals surface area contributed by atoms with E-state index in [1.54, 1.807) is 12.4 Å². The highest BCUT2D eigenvalue weighted by Crippen LogP contribution is 2.64. The topological polar surface area (TPSA) is 51.9 Å². The van der Waals surface area contributed by atoms with Crippen LogP contribution in [-0.4, -0.2) is 34.2 Å². The zero-order valence-electron chi connectivity index (χ0n) is 25.0. The molecule has 0 fully saturated rings. The van der Waals surface area contributed by atoms with E-state index in [-0.39, 0.29) is 18.2 Å². The Bertz CT molecular complexity index is 2240. The molecule has 4 unspecified atom stereocenters. The van der Waals surface area contributed by atoms with Crippen LogP contribution in [0, 0.1) is 5.92 Å². The van der Waals surface area contributed by atoms with Gasteiger partial charge in [0, 0.05) is 59.3 Å². The molecule has 7 nitrogen and oxygen atoms in total. The summed E-state index contributed by atoms with van der Waals surface area (Å²) in [5.41, 5.74) is 8.01. The first-order valence-corrected chi connectivity index (χ1v) is 15.4. The Balaban J connectivity index is 1.34. The van der Waals surface area contributed by atoms with Gasteiger partial charge in [0.2, 0.25) is 0 Å². The molecular formula is C38H30N6O. The Morgan fingerprint density at radius 3 is 2.33 bits per heavy atom. The van der Waals surface area contributed by atoms with Crippen molar-refractivity contribution in [3.05, 3.63) is 133 Å². The van der Waals surface area contributed by atoms with Crippen molar-refractivity contribution in [1.82, 2.24) is 14.9 Å². The third-order valence-corrected chi connectivity index (χ3v) is 10.6. The first-order valence-electron chi connectivity index (χ1n) is 15.4. The van der Waals surface area contributed by atoms with Gasteiger partial charge in [0.1, 0.15) is 17.9 Å². The maximum absolute atomic E-state index is 6.72. The van der Waals surface area contributed by atoms with E-state index < -0.39 is 5.41 Å². The first-order chi connectivity index (χ1) is 22.1. The van der Waals surface area contributed by atoms with Gasteiger partial charge in [-0.3, -0.25) is 0 Å². The van der Waals surface area contributed by atoms with Crippen LogP contribution in [0.25, 0.3) is 27.5 Å². The Kier molecular flexibility index (Phi) is 4.71. The normalized spacial score (nSPS) is 24.3. The second-order valence-corrected chi connectivity index (χ2v) is 12.6. The predicted molar refractivity (Wildman–Crippen MR) is 180 cm³/mol. The molecule has 0 aliphatic carbocycles. The summed E-state index contributed by atoms with van der Waals surface area (Å²) in [7, 11) is 2.18. The number of rotatable bonds is 1. The fraction of sp³-hybridized carbons (Fsp3) is 0.158. The molecule has 4 aromatic carbocycles. The van der Waals surface area contributed by atoms with E-state index in [1.807, 2.05) is 6.07 Å². The van der Waals surface area contributed by atoms with Gasteiger partial charge in [0.25, 0.3) is 0 Å². The Morgan fingerprint density at radius 2 is 1.49 bits per heavy atom. The van der Waals surface area contributed by atoms with E-state index in [9.17, 15) is 0 Å². The van der Waals surface area contributed by atoms with Crippen LogP contribution in [0.2, 0.25) is 0 Å². The Labute approximate surface area is 260 Å². The standard InChI is InChI=1S/C38H30N6O/c1-23-25-13-7-9-15-29(25)44-35-34(39-19-20-40-35)43(24-11-5-4-6-12-24)37(44)31-36-41(3)21-22-42(36)32-28(38(23,31)2)18-17-27-26-14-8-10-16-30(26)45-33(27)32/h4-22,31,36-37H,1H2,2-3H3. The number of benzene rings is 4.